The molecule has 0 aliphatic heterocycles. The number of carbonyl (C=O) groups is 2. The van der Waals surface area contributed by atoms with Crippen LogP contribution in [0.15, 0.2) is 0 Å². The minimum absolute atomic E-state index is 0.0296. The first kappa shape index (κ1) is 15.3. The molecule has 1 atom stereocenters. The number of nitrogens with one attached hydrogen (secondary N) is 1. The maximum absolute atomic E-state index is 11.7. The number of amides is 1. The highest BCUT2D eigenvalue weighted by Gasteiger charge is 2.48. The summed E-state index contributed by atoms with van der Waals surface area (Å²) in [5, 5.41) is 2.80. The first-order valence-electron chi connectivity index (χ1n) is 6.14. The van der Waals surface area contributed by atoms with E-state index in [0.29, 0.717) is 11.5 Å². The van der Waals surface area contributed by atoms with Crippen LogP contribution in [0.4, 0.5) is 0 Å². The summed E-state index contributed by atoms with van der Waals surface area (Å²) in [6, 6.07) is 0.129. The molecule has 0 spiro atoms. The summed E-state index contributed by atoms with van der Waals surface area (Å²) in [6.07, 6.45) is 1.93. The number of rotatable bonds is 7. The molecule has 1 amide bonds. The number of hydrogen-bond donors (Lipinski definition) is 2. The Morgan fingerprint density at radius 3 is 2.56 bits per heavy atom. The third-order valence-electron chi connectivity index (χ3n) is 2.90. The quantitative estimate of drug-likeness (QED) is 0.662. The van der Waals surface area contributed by atoms with Gasteiger partial charge in [0, 0.05) is 11.8 Å². The lowest BCUT2D eigenvalue weighted by atomic mass is 9.97. The van der Waals surface area contributed by atoms with Gasteiger partial charge in [-0.2, -0.15) is 0 Å². The molecule has 6 heteroatoms. The normalized spacial score (nSPS) is 18.3. The van der Waals surface area contributed by atoms with Crippen LogP contribution in [0, 0.1) is 5.92 Å². The van der Waals surface area contributed by atoms with Gasteiger partial charge in [0.1, 0.15) is 5.54 Å². The van der Waals surface area contributed by atoms with Gasteiger partial charge in [0.25, 0.3) is 0 Å². The Labute approximate surface area is 112 Å². The van der Waals surface area contributed by atoms with Crippen LogP contribution in [0.3, 0.4) is 0 Å². The van der Waals surface area contributed by atoms with Crippen molar-refractivity contribution < 1.29 is 14.3 Å². The molecule has 1 saturated carbocycles. The summed E-state index contributed by atoms with van der Waals surface area (Å²) in [6.45, 7) is 3.82. The van der Waals surface area contributed by atoms with Crippen molar-refractivity contribution in [1.82, 2.24) is 5.32 Å². The summed E-state index contributed by atoms with van der Waals surface area (Å²) >= 11 is 1.38. The zero-order valence-corrected chi connectivity index (χ0v) is 12.0. The first-order chi connectivity index (χ1) is 8.40. The second kappa shape index (κ2) is 6.43. The summed E-state index contributed by atoms with van der Waals surface area (Å²) in [5.74, 6) is 0.543. The number of nitrogens with two attached hydrogens (primary N) is 1. The van der Waals surface area contributed by atoms with Crippen LogP contribution >= 0.6 is 11.8 Å². The fourth-order valence-corrected chi connectivity index (χ4v) is 2.87. The maximum Gasteiger partial charge on any atom is 0.326 e. The van der Waals surface area contributed by atoms with Crippen molar-refractivity contribution in [2.75, 3.05) is 18.6 Å². The SMILES string of the molecule is COC(=O)C(N)(CSCC(=O)NC(C)C)C1CC1. The predicted molar refractivity (Wildman–Crippen MR) is 72.3 cm³/mol. The van der Waals surface area contributed by atoms with Crippen molar-refractivity contribution in [2.24, 2.45) is 11.7 Å². The van der Waals surface area contributed by atoms with E-state index in [-0.39, 0.29) is 23.8 Å². The summed E-state index contributed by atoms with van der Waals surface area (Å²) in [7, 11) is 1.35. The molecule has 1 aliphatic carbocycles. The Hall–Kier alpha value is -0.750. The summed E-state index contributed by atoms with van der Waals surface area (Å²) in [5.41, 5.74) is 5.18. The van der Waals surface area contributed by atoms with Gasteiger partial charge >= 0.3 is 5.97 Å². The lowest BCUT2D eigenvalue weighted by Gasteiger charge is -2.25. The van der Waals surface area contributed by atoms with Crippen LogP contribution in [0.25, 0.3) is 0 Å². The van der Waals surface area contributed by atoms with Gasteiger partial charge in [-0.25, -0.2) is 0 Å². The lowest BCUT2D eigenvalue weighted by molar-refractivity contribution is -0.147. The molecule has 0 aromatic heterocycles. The molecular formula is C12H22N2O3S. The molecule has 1 fully saturated rings. The predicted octanol–water partition coefficient (Wildman–Crippen LogP) is 0.525. The lowest BCUT2D eigenvalue weighted by Crippen LogP contribution is -2.53. The van der Waals surface area contributed by atoms with E-state index < -0.39 is 5.54 Å². The zero-order chi connectivity index (χ0) is 13.8. The van der Waals surface area contributed by atoms with Crippen molar-refractivity contribution in [3.8, 4) is 0 Å². The van der Waals surface area contributed by atoms with Gasteiger partial charge in [-0.1, -0.05) is 0 Å². The third-order valence-corrected chi connectivity index (χ3v) is 4.04. The molecule has 0 aromatic carbocycles. The Bertz CT molecular complexity index is 318. The van der Waals surface area contributed by atoms with Crippen LogP contribution in [-0.2, 0) is 14.3 Å². The number of thioether (sulfide) groups is 1. The van der Waals surface area contributed by atoms with Gasteiger partial charge in [0.15, 0.2) is 0 Å². The third kappa shape index (κ3) is 4.17. The Balaban J connectivity index is 2.39. The molecule has 104 valence electrons. The van der Waals surface area contributed by atoms with Crippen LogP contribution in [-0.4, -0.2) is 42.1 Å². The molecule has 5 nitrogen and oxygen atoms in total. The monoisotopic (exact) mass is 274 g/mol. The first-order valence-corrected chi connectivity index (χ1v) is 7.30. The molecule has 1 unspecified atom stereocenters. The fraction of sp³-hybridized carbons (Fsp3) is 0.833. The van der Waals surface area contributed by atoms with Gasteiger partial charge in [-0.15, -0.1) is 11.8 Å². The number of esters is 1. The van der Waals surface area contributed by atoms with E-state index >= 15 is 0 Å². The van der Waals surface area contributed by atoms with Crippen molar-refractivity contribution >= 4 is 23.6 Å². The second-order valence-corrected chi connectivity index (χ2v) is 6.01. The molecule has 18 heavy (non-hydrogen) atoms. The van der Waals surface area contributed by atoms with Crippen molar-refractivity contribution in [1.29, 1.82) is 0 Å². The second-order valence-electron chi connectivity index (χ2n) is 5.02. The molecule has 0 bridgehead atoms. The fourth-order valence-electron chi connectivity index (χ4n) is 1.81. The van der Waals surface area contributed by atoms with Gasteiger partial charge in [0.2, 0.25) is 5.91 Å². The molecular weight excluding hydrogens is 252 g/mol. The molecule has 0 heterocycles. The molecule has 1 aliphatic rings. The van der Waals surface area contributed by atoms with E-state index in [1.807, 2.05) is 13.8 Å². The van der Waals surface area contributed by atoms with E-state index in [9.17, 15) is 9.59 Å². The summed E-state index contributed by atoms with van der Waals surface area (Å²) in [4.78, 5) is 23.2. The van der Waals surface area contributed by atoms with Crippen molar-refractivity contribution in [3.63, 3.8) is 0 Å². The van der Waals surface area contributed by atoms with Crippen LogP contribution in [0.5, 0.6) is 0 Å². The highest BCUT2D eigenvalue weighted by Crippen LogP contribution is 2.40. The minimum atomic E-state index is -0.933. The minimum Gasteiger partial charge on any atom is -0.468 e. The average Bonchev–Trinajstić information content (AvgIpc) is 3.10. The number of hydrogen-bond acceptors (Lipinski definition) is 5. The van der Waals surface area contributed by atoms with E-state index in [2.05, 4.69) is 5.32 Å². The Morgan fingerprint density at radius 2 is 2.11 bits per heavy atom. The largest absolute Gasteiger partial charge is 0.468 e. The number of carbonyl (C=O) groups excluding carboxylic acids is 2. The maximum atomic E-state index is 11.7. The Kier molecular flexibility index (Phi) is 5.47. The molecule has 3 N–H and O–H groups in total. The topological polar surface area (TPSA) is 81.4 Å². The number of ether oxygens (including phenoxy) is 1. The Morgan fingerprint density at radius 1 is 1.50 bits per heavy atom. The van der Waals surface area contributed by atoms with Crippen molar-refractivity contribution in [2.45, 2.75) is 38.3 Å². The smallest absolute Gasteiger partial charge is 0.326 e. The van der Waals surface area contributed by atoms with Crippen LogP contribution in [0.2, 0.25) is 0 Å². The van der Waals surface area contributed by atoms with Crippen LogP contribution < -0.4 is 11.1 Å². The summed E-state index contributed by atoms with van der Waals surface area (Å²) < 4.78 is 4.76. The van der Waals surface area contributed by atoms with E-state index in [4.69, 9.17) is 10.5 Å². The highest BCUT2D eigenvalue weighted by molar-refractivity contribution is 8.00. The molecule has 1 rings (SSSR count). The standard InChI is InChI=1S/C12H22N2O3S/c1-8(2)14-10(15)6-18-7-12(13,9-4-5-9)11(16)17-3/h8-9H,4-7,13H2,1-3H3,(H,14,15). The van der Waals surface area contributed by atoms with E-state index in [0.717, 1.165) is 12.8 Å². The highest BCUT2D eigenvalue weighted by atomic mass is 32.2. The van der Waals surface area contributed by atoms with Gasteiger partial charge in [-0.3, -0.25) is 9.59 Å². The van der Waals surface area contributed by atoms with Gasteiger partial charge in [0.05, 0.1) is 12.9 Å². The molecule has 0 aromatic rings. The average molecular weight is 274 g/mol. The number of methoxy groups -OCH3 is 1. The zero-order valence-electron chi connectivity index (χ0n) is 11.2. The molecule has 0 radical (unpaired) electrons. The van der Waals surface area contributed by atoms with Crippen molar-refractivity contribution in [3.05, 3.63) is 0 Å². The van der Waals surface area contributed by atoms with Gasteiger partial charge in [-0.05, 0) is 32.6 Å². The van der Waals surface area contributed by atoms with E-state index in [1.54, 1.807) is 0 Å². The van der Waals surface area contributed by atoms with E-state index in [1.165, 1.54) is 18.9 Å². The van der Waals surface area contributed by atoms with Gasteiger partial charge < -0.3 is 15.8 Å². The molecule has 0 saturated heterocycles. The van der Waals surface area contributed by atoms with Crippen LogP contribution in [0.1, 0.15) is 26.7 Å².